The number of nitrogens with zero attached hydrogens (tertiary/aromatic N) is 1. The molecule has 1 aromatic carbocycles. The molecule has 178 valence electrons. The van der Waals surface area contributed by atoms with E-state index in [1.54, 1.807) is 11.3 Å². The molecular weight excluding hydrogens is 442 g/mol. The van der Waals surface area contributed by atoms with E-state index in [4.69, 9.17) is 0 Å². The van der Waals surface area contributed by atoms with Crippen LogP contribution >= 0.6 is 11.3 Å². The lowest BCUT2D eigenvalue weighted by atomic mass is 9.95. The van der Waals surface area contributed by atoms with Gasteiger partial charge >= 0.3 is 0 Å². The van der Waals surface area contributed by atoms with Crippen molar-refractivity contribution in [1.29, 1.82) is 0 Å². The van der Waals surface area contributed by atoms with E-state index in [0.29, 0.717) is 5.69 Å². The fraction of sp³-hybridized carbons (Fsp3) is 0.429. The minimum Gasteiger partial charge on any atom is -0.351 e. The van der Waals surface area contributed by atoms with Crippen LogP contribution < -0.4 is 5.32 Å². The number of rotatable bonds is 7. The summed E-state index contributed by atoms with van der Waals surface area (Å²) in [7, 11) is 0. The van der Waals surface area contributed by atoms with Crippen LogP contribution in [-0.2, 0) is 4.79 Å². The van der Waals surface area contributed by atoms with Crippen LogP contribution in [0.3, 0.4) is 0 Å². The highest BCUT2D eigenvalue weighted by molar-refractivity contribution is 7.10. The van der Waals surface area contributed by atoms with E-state index >= 15 is 0 Å². The van der Waals surface area contributed by atoms with Crippen molar-refractivity contribution in [3.8, 4) is 11.3 Å². The highest BCUT2D eigenvalue weighted by Gasteiger charge is 2.39. The van der Waals surface area contributed by atoms with Crippen LogP contribution in [0, 0.1) is 0 Å². The fourth-order valence-corrected chi connectivity index (χ4v) is 6.31. The maximum atomic E-state index is 14.0. The molecule has 2 amide bonds. The summed E-state index contributed by atoms with van der Waals surface area (Å²) in [5.74, 6) is -0.129. The molecule has 0 spiro atoms. The molecule has 1 atom stereocenters. The van der Waals surface area contributed by atoms with Gasteiger partial charge < -0.3 is 15.2 Å². The molecule has 34 heavy (non-hydrogen) atoms. The van der Waals surface area contributed by atoms with Gasteiger partial charge in [0.05, 0.1) is 0 Å². The van der Waals surface area contributed by atoms with Gasteiger partial charge in [0.2, 0.25) is 5.91 Å². The van der Waals surface area contributed by atoms with E-state index in [9.17, 15) is 9.59 Å². The number of H-pyrrole nitrogens is 1. The van der Waals surface area contributed by atoms with Gasteiger partial charge in [-0.3, -0.25) is 9.59 Å². The van der Waals surface area contributed by atoms with Crippen molar-refractivity contribution in [1.82, 2.24) is 15.2 Å². The number of aromatic amines is 1. The van der Waals surface area contributed by atoms with Gasteiger partial charge in [-0.2, -0.15) is 0 Å². The maximum absolute atomic E-state index is 14.0. The number of amides is 2. The Morgan fingerprint density at radius 1 is 0.882 bits per heavy atom. The molecule has 0 aliphatic heterocycles. The van der Waals surface area contributed by atoms with E-state index < -0.39 is 6.04 Å². The first-order valence-corrected chi connectivity index (χ1v) is 13.5. The van der Waals surface area contributed by atoms with Crippen molar-refractivity contribution in [2.24, 2.45) is 0 Å². The van der Waals surface area contributed by atoms with E-state index in [1.807, 2.05) is 64.9 Å². The van der Waals surface area contributed by atoms with E-state index in [-0.39, 0.29) is 23.9 Å². The molecule has 2 saturated carbocycles. The maximum Gasteiger partial charge on any atom is 0.271 e. The van der Waals surface area contributed by atoms with Crippen molar-refractivity contribution in [3.63, 3.8) is 0 Å². The third-order valence-electron chi connectivity index (χ3n) is 7.24. The Hall–Kier alpha value is -2.86. The summed E-state index contributed by atoms with van der Waals surface area (Å²) in [6.45, 7) is 0. The SMILES string of the molecule is O=C(NC1CCCCC1)[C@H](c1cccs1)N(C(=O)c1ccc(-c2ccccc2)[nH]1)C1CCCC1. The lowest BCUT2D eigenvalue weighted by molar-refractivity contribution is -0.127. The van der Waals surface area contributed by atoms with Gasteiger partial charge in [-0.1, -0.05) is 68.5 Å². The molecule has 0 radical (unpaired) electrons. The minimum absolute atomic E-state index is 0.0376. The van der Waals surface area contributed by atoms with Crippen molar-refractivity contribution >= 4 is 23.2 Å². The molecule has 5 nitrogen and oxygen atoms in total. The molecule has 0 bridgehead atoms. The number of hydrogen-bond acceptors (Lipinski definition) is 3. The molecule has 2 heterocycles. The summed E-state index contributed by atoms with van der Waals surface area (Å²) in [6.07, 6.45) is 9.67. The zero-order valence-corrected chi connectivity index (χ0v) is 20.4. The second-order valence-electron chi connectivity index (χ2n) is 9.56. The number of thiophene rings is 1. The fourth-order valence-electron chi connectivity index (χ4n) is 5.49. The second-order valence-corrected chi connectivity index (χ2v) is 10.5. The van der Waals surface area contributed by atoms with Gasteiger partial charge in [0.15, 0.2) is 0 Å². The largest absolute Gasteiger partial charge is 0.351 e. The third-order valence-corrected chi connectivity index (χ3v) is 8.17. The Bertz CT molecular complexity index is 1080. The van der Waals surface area contributed by atoms with E-state index in [1.165, 1.54) is 6.42 Å². The van der Waals surface area contributed by atoms with Gasteiger partial charge in [0.1, 0.15) is 11.7 Å². The number of carbonyl (C=O) groups excluding carboxylic acids is 2. The molecule has 2 aliphatic carbocycles. The van der Waals surface area contributed by atoms with Crippen molar-refractivity contribution < 1.29 is 9.59 Å². The van der Waals surface area contributed by atoms with Gasteiger partial charge in [0, 0.05) is 22.7 Å². The summed E-state index contributed by atoms with van der Waals surface area (Å²) in [5.41, 5.74) is 2.49. The molecule has 6 heteroatoms. The normalized spacial score (nSPS) is 18.0. The van der Waals surface area contributed by atoms with Crippen LogP contribution in [0.15, 0.2) is 60.0 Å². The van der Waals surface area contributed by atoms with Crippen LogP contribution in [0.5, 0.6) is 0 Å². The number of carbonyl (C=O) groups is 2. The Labute approximate surface area is 205 Å². The number of benzene rings is 1. The highest BCUT2D eigenvalue weighted by Crippen LogP contribution is 2.35. The Balaban J connectivity index is 1.47. The van der Waals surface area contributed by atoms with Crippen molar-refractivity contribution in [2.45, 2.75) is 75.9 Å². The lowest BCUT2D eigenvalue weighted by Crippen LogP contribution is -2.50. The average Bonchev–Trinajstić information content (AvgIpc) is 3.66. The Morgan fingerprint density at radius 3 is 2.32 bits per heavy atom. The zero-order valence-electron chi connectivity index (χ0n) is 19.5. The molecular formula is C28H33N3O2S. The Morgan fingerprint density at radius 2 is 1.62 bits per heavy atom. The van der Waals surface area contributed by atoms with Crippen LogP contribution in [0.2, 0.25) is 0 Å². The number of nitrogens with one attached hydrogen (secondary N) is 2. The second kappa shape index (κ2) is 10.6. The van der Waals surface area contributed by atoms with Gasteiger partial charge in [-0.25, -0.2) is 0 Å². The number of hydrogen-bond donors (Lipinski definition) is 2. The monoisotopic (exact) mass is 475 g/mol. The summed E-state index contributed by atoms with van der Waals surface area (Å²) in [6, 6.07) is 17.5. The van der Waals surface area contributed by atoms with Crippen molar-refractivity contribution in [2.75, 3.05) is 0 Å². The average molecular weight is 476 g/mol. The molecule has 0 saturated heterocycles. The standard InChI is InChI=1S/C28H33N3O2S/c32-27(29-21-12-5-2-6-13-21)26(25-16-9-19-34-25)31(22-14-7-8-15-22)28(33)24-18-17-23(30-24)20-10-3-1-4-11-20/h1,3-4,9-11,16-19,21-22,26,30H,2,5-8,12-15H2,(H,29,32)/t26-/m0/s1. The lowest BCUT2D eigenvalue weighted by Gasteiger charge is -2.36. The topological polar surface area (TPSA) is 65.2 Å². The summed E-state index contributed by atoms with van der Waals surface area (Å²) in [5, 5.41) is 5.31. The summed E-state index contributed by atoms with van der Waals surface area (Å²) >= 11 is 1.56. The number of aromatic nitrogens is 1. The zero-order chi connectivity index (χ0) is 23.3. The van der Waals surface area contributed by atoms with Gasteiger partial charge in [-0.05, 0) is 54.8 Å². The van der Waals surface area contributed by atoms with E-state index in [2.05, 4.69) is 10.3 Å². The van der Waals surface area contributed by atoms with Crippen molar-refractivity contribution in [3.05, 3.63) is 70.5 Å². The highest BCUT2D eigenvalue weighted by atomic mass is 32.1. The first-order valence-electron chi connectivity index (χ1n) is 12.6. The summed E-state index contributed by atoms with van der Waals surface area (Å²) < 4.78 is 0. The van der Waals surface area contributed by atoms with Gasteiger partial charge in [0.25, 0.3) is 5.91 Å². The summed E-state index contributed by atoms with van der Waals surface area (Å²) in [4.78, 5) is 33.9. The Kier molecular flexibility index (Phi) is 7.14. The molecule has 0 unspecified atom stereocenters. The van der Waals surface area contributed by atoms with E-state index in [0.717, 1.165) is 67.5 Å². The molecule has 2 aromatic heterocycles. The van der Waals surface area contributed by atoms with Gasteiger partial charge in [-0.15, -0.1) is 11.3 Å². The smallest absolute Gasteiger partial charge is 0.271 e. The predicted molar refractivity (Wildman–Crippen MR) is 137 cm³/mol. The minimum atomic E-state index is -0.596. The van der Waals surface area contributed by atoms with Crippen LogP contribution in [0.25, 0.3) is 11.3 Å². The molecule has 2 fully saturated rings. The molecule has 2 N–H and O–H groups in total. The van der Waals surface area contributed by atoms with Crippen LogP contribution in [-0.4, -0.2) is 33.8 Å². The van der Waals surface area contributed by atoms with Crippen LogP contribution in [0.1, 0.15) is 79.2 Å². The third kappa shape index (κ3) is 4.97. The first kappa shape index (κ1) is 22.9. The molecule has 5 rings (SSSR count). The molecule has 3 aromatic rings. The molecule has 2 aliphatic rings. The quantitative estimate of drug-likeness (QED) is 0.420. The first-order chi connectivity index (χ1) is 16.7. The predicted octanol–water partition coefficient (Wildman–Crippen LogP) is 6.32. The van der Waals surface area contributed by atoms with Crippen LogP contribution in [0.4, 0.5) is 0 Å².